The molecule has 1 saturated carbocycles. The molecule has 2 unspecified atom stereocenters. The summed E-state index contributed by atoms with van der Waals surface area (Å²) in [5, 5.41) is 13.0. The molecular weight excluding hydrogens is 190 g/mol. The predicted molar refractivity (Wildman–Crippen MR) is 58.5 cm³/mol. The number of nitrogens with one attached hydrogen (secondary N) is 2. The monoisotopic (exact) mass is 209 g/mol. The maximum Gasteiger partial charge on any atom is 0.107 e. The molecule has 0 bridgehead atoms. The third-order valence-corrected chi connectivity index (χ3v) is 3.52. The lowest BCUT2D eigenvalue weighted by Gasteiger charge is -2.49. The zero-order valence-electron chi connectivity index (χ0n) is 9.33. The van der Waals surface area contributed by atoms with Crippen LogP contribution in [0.2, 0.25) is 0 Å². The maximum absolute atomic E-state index is 9.57. The average Bonchev–Trinajstić information content (AvgIpc) is 2.69. The molecule has 1 aromatic heterocycles. The number of hydrogen-bond donors (Lipinski definition) is 3. The van der Waals surface area contributed by atoms with E-state index >= 15 is 0 Å². The Morgan fingerprint density at radius 2 is 2.47 bits per heavy atom. The van der Waals surface area contributed by atoms with Gasteiger partial charge in [-0.3, -0.25) is 0 Å². The Balaban J connectivity index is 1.71. The first-order valence-electron chi connectivity index (χ1n) is 5.50. The smallest absolute Gasteiger partial charge is 0.107 e. The quantitative estimate of drug-likeness (QED) is 0.684. The van der Waals surface area contributed by atoms with E-state index in [-0.39, 0.29) is 11.5 Å². The first-order valence-corrected chi connectivity index (χ1v) is 5.50. The van der Waals surface area contributed by atoms with Crippen LogP contribution in [0.3, 0.4) is 0 Å². The molecule has 0 spiro atoms. The summed E-state index contributed by atoms with van der Waals surface area (Å²) in [6.07, 6.45) is 5.23. The lowest BCUT2D eigenvalue weighted by Crippen LogP contribution is -2.60. The van der Waals surface area contributed by atoms with E-state index in [4.69, 9.17) is 0 Å². The van der Waals surface area contributed by atoms with Gasteiger partial charge in [0.1, 0.15) is 5.82 Å². The Hall–Kier alpha value is -0.870. The minimum absolute atomic E-state index is 0.0170. The van der Waals surface area contributed by atoms with Gasteiger partial charge < -0.3 is 15.4 Å². The van der Waals surface area contributed by atoms with Crippen LogP contribution in [0.1, 0.15) is 26.1 Å². The number of nitrogens with zero attached hydrogens (tertiary/aromatic N) is 1. The van der Waals surface area contributed by atoms with Crippen molar-refractivity contribution in [3.05, 3.63) is 18.2 Å². The van der Waals surface area contributed by atoms with Gasteiger partial charge in [-0.05, 0) is 6.42 Å². The Morgan fingerprint density at radius 1 is 1.67 bits per heavy atom. The summed E-state index contributed by atoms with van der Waals surface area (Å²) in [6, 6.07) is 0.433. The number of aliphatic hydroxyl groups is 1. The molecule has 0 saturated heterocycles. The van der Waals surface area contributed by atoms with Crippen molar-refractivity contribution in [3.8, 4) is 0 Å². The first-order chi connectivity index (χ1) is 7.10. The van der Waals surface area contributed by atoms with Crippen LogP contribution in [0, 0.1) is 5.41 Å². The number of aliphatic hydroxyl groups excluding tert-OH is 1. The molecule has 15 heavy (non-hydrogen) atoms. The summed E-state index contributed by atoms with van der Waals surface area (Å²) in [5.74, 6) is 1.01. The molecule has 1 aliphatic carbocycles. The van der Waals surface area contributed by atoms with Crippen LogP contribution in [0.25, 0.3) is 0 Å². The standard InChI is InChI=1S/C11H19N3O/c1-11(2)8(7-9(11)15)12-4-3-10-13-5-6-14-10/h5-6,8-9,12,15H,3-4,7H2,1-2H3,(H,13,14). The van der Waals surface area contributed by atoms with E-state index < -0.39 is 0 Å². The van der Waals surface area contributed by atoms with Gasteiger partial charge in [-0.2, -0.15) is 0 Å². The average molecular weight is 209 g/mol. The Kier molecular flexibility index (Phi) is 2.80. The summed E-state index contributed by atoms with van der Waals surface area (Å²) in [6.45, 7) is 5.12. The second-order valence-electron chi connectivity index (χ2n) is 4.87. The van der Waals surface area contributed by atoms with Gasteiger partial charge in [-0.25, -0.2) is 4.98 Å². The van der Waals surface area contributed by atoms with Gasteiger partial charge in [-0.1, -0.05) is 13.8 Å². The van der Waals surface area contributed by atoms with Crippen LogP contribution in [0.5, 0.6) is 0 Å². The second-order valence-corrected chi connectivity index (χ2v) is 4.87. The molecule has 0 radical (unpaired) electrons. The Bertz CT molecular complexity index is 308. The van der Waals surface area contributed by atoms with E-state index in [9.17, 15) is 5.11 Å². The molecule has 3 N–H and O–H groups in total. The molecule has 4 nitrogen and oxygen atoms in total. The molecule has 0 aliphatic heterocycles. The van der Waals surface area contributed by atoms with E-state index in [1.807, 2.05) is 6.20 Å². The van der Waals surface area contributed by atoms with Crippen molar-refractivity contribution >= 4 is 0 Å². The number of rotatable bonds is 4. The van der Waals surface area contributed by atoms with Crippen LogP contribution in [0.4, 0.5) is 0 Å². The fourth-order valence-electron chi connectivity index (χ4n) is 2.05. The summed E-state index contributed by atoms with van der Waals surface area (Å²) in [4.78, 5) is 7.24. The molecule has 1 aliphatic rings. The maximum atomic E-state index is 9.57. The van der Waals surface area contributed by atoms with Crippen LogP contribution in [-0.4, -0.2) is 33.8 Å². The number of aromatic nitrogens is 2. The van der Waals surface area contributed by atoms with Crippen molar-refractivity contribution in [2.45, 2.75) is 38.8 Å². The Labute approximate surface area is 90.1 Å². The van der Waals surface area contributed by atoms with Gasteiger partial charge in [-0.15, -0.1) is 0 Å². The van der Waals surface area contributed by atoms with Crippen molar-refractivity contribution in [2.75, 3.05) is 6.54 Å². The summed E-state index contributed by atoms with van der Waals surface area (Å²) in [5.41, 5.74) is 0.0170. The third-order valence-electron chi connectivity index (χ3n) is 3.52. The van der Waals surface area contributed by atoms with E-state index in [1.54, 1.807) is 6.20 Å². The molecule has 1 fully saturated rings. The third kappa shape index (κ3) is 2.06. The van der Waals surface area contributed by atoms with Crippen LogP contribution < -0.4 is 5.32 Å². The SMILES string of the molecule is CC1(C)C(O)CC1NCCc1ncc[nH]1. The highest BCUT2D eigenvalue weighted by Crippen LogP contribution is 2.40. The molecule has 0 amide bonds. The molecule has 1 aromatic rings. The van der Waals surface area contributed by atoms with E-state index in [2.05, 4.69) is 29.1 Å². The number of aromatic amines is 1. The van der Waals surface area contributed by atoms with Crippen LogP contribution in [0.15, 0.2) is 12.4 Å². The van der Waals surface area contributed by atoms with Crippen molar-refractivity contribution in [1.82, 2.24) is 15.3 Å². The van der Waals surface area contributed by atoms with Crippen LogP contribution >= 0.6 is 0 Å². The zero-order valence-corrected chi connectivity index (χ0v) is 9.33. The fraction of sp³-hybridized carbons (Fsp3) is 0.727. The summed E-state index contributed by atoms with van der Waals surface area (Å²) >= 11 is 0. The van der Waals surface area contributed by atoms with Crippen molar-refractivity contribution in [2.24, 2.45) is 5.41 Å². The topological polar surface area (TPSA) is 60.9 Å². The molecular formula is C11H19N3O. The van der Waals surface area contributed by atoms with Gasteiger partial charge in [0.15, 0.2) is 0 Å². The molecule has 84 valence electrons. The van der Waals surface area contributed by atoms with E-state index in [1.165, 1.54) is 0 Å². The second kappa shape index (κ2) is 3.94. The van der Waals surface area contributed by atoms with Crippen molar-refractivity contribution < 1.29 is 5.11 Å². The lowest BCUT2D eigenvalue weighted by atomic mass is 9.64. The predicted octanol–water partition coefficient (Wildman–Crippen LogP) is 0.701. The summed E-state index contributed by atoms with van der Waals surface area (Å²) in [7, 11) is 0. The van der Waals surface area contributed by atoms with Crippen molar-refractivity contribution in [3.63, 3.8) is 0 Å². The number of hydrogen-bond acceptors (Lipinski definition) is 3. The zero-order chi connectivity index (χ0) is 10.9. The molecule has 2 rings (SSSR count). The summed E-state index contributed by atoms with van der Waals surface area (Å²) < 4.78 is 0. The largest absolute Gasteiger partial charge is 0.392 e. The lowest BCUT2D eigenvalue weighted by molar-refractivity contribution is -0.0721. The van der Waals surface area contributed by atoms with Gasteiger partial charge in [0.25, 0.3) is 0 Å². The van der Waals surface area contributed by atoms with Crippen molar-refractivity contribution in [1.29, 1.82) is 0 Å². The van der Waals surface area contributed by atoms with E-state index in [0.29, 0.717) is 6.04 Å². The minimum Gasteiger partial charge on any atom is -0.392 e. The van der Waals surface area contributed by atoms with Gasteiger partial charge in [0, 0.05) is 36.8 Å². The normalized spacial score (nSPS) is 28.7. The molecule has 0 aromatic carbocycles. The highest BCUT2D eigenvalue weighted by Gasteiger charge is 2.46. The molecule has 1 heterocycles. The van der Waals surface area contributed by atoms with Gasteiger partial charge >= 0.3 is 0 Å². The number of imidazole rings is 1. The van der Waals surface area contributed by atoms with E-state index in [0.717, 1.165) is 25.2 Å². The minimum atomic E-state index is -0.154. The Morgan fingerprint density at radius 3 is 3.00 bits per heavy atom. The van der Waals surface area contributed by atoms with Gasteiger partial charge in [0.2, 0.25) is 0 Å². The van der Waals surface area contributed by atoms with Gasteiger partial charge in [0.05, 0.1) is 6.10 Å². The number of H-pyrrole nitrogens is 1. The van der Waals surface area contributed by atoms with Crippen LogP contribution in [-0.2, 0) is 6.42 Å². The highest BCUT2D eigenvalue weighted by atomic mass is 16.3. The molecule has 4 heteroatoms. The molecule has 2 atom stereocenters. The first kappa shape index (κ1) is 10.6. The highest BCUT2D eigenvalue weighted by molar-refractivity contribution is 5.02. The fourth-order valence-corrected chi connectivity index (χ4v) is 2.05.